The molecule has 5 nitrogen and oxygen atoms in total. The van der Waals surface area contributed by atoms with Crippen LogP contribution in [0.3, 0.4) is 0 Å². The largest absolute Gasteiger partial charge is 0.497 e. The smallest absolute Gasteiger partial charge is 0.240 e. The summed E-state index contributed by atoms with van der Waals surface area (Å²) < 4.78 is 10.5. The molecule has 1 aromatic rings. The topological polar surface area (TPSA) is 73.6 Å². The van der Waals surface area contributed by atoms with Gasteiger partial charge in [-0.2, -0.15) is 0 Å². The fourth-order valence-electron chi connectivity index (χ4n) is 2.25. The number of benzene rings is 1. The Hall–Kier alpha value is -1.75. The van der Waals surface area contributed by atoms with E-state index in [9.17, 15) is 4.79 Å². The van der Waals surface area contributed by atoms with Gasteiger partial charge >= 0.3 is 0 Å². The van der Waals surface area contributed by atoms with Crippen LogP contribution in [-0.4, -0.2) is 25.7 Å². The Morgan fingerprint density at radius 1 is 1.40 bits per heavy atom. The van der Waals surface area contributed by atoms with Crippen LogP contribution in [0.25, 0.3) is 0 Å². The maximum Gasteiger partial charge on any atom is 0.240 e. The van der Waals surface area contributed by atoms with E-state index in [0.29, 0.717) is 12.5 Å². The van der Waals surface area contributed by atoms with Gasteiger partial charge in [-0.3, -0.25) is 4.79 Å². The Morgan fingerprint density at radius 2 is 2.10 bits per heavy atom. The molecule has 0 bridgehead atoms. The van der Waals surface area contributed by atoms with Gasteiger partial charge in [-0.25, -0.2) is 0 Å². The fourth-order valence-corrected chi connectivity index (χ4v) is 2.25. The van der Waals surface area contributed by atoms with Crippen molar-refractivity contribution in [3.05, 3.63) is 23.8 Å². The molecule has 0 heterocycles. The van der Waals surface area contributed by atoms with E-state index in [-0.39, 0.29) is 5.91 Å². The van der Waals surface area contributed by atoms with Gasteiger partial charge in [0.1, 0.15) is 11.5 Å². The molecule has 0 spiro atoms. The number of nitrogens with one attached hydrogen (secondary N) is 1. The molecule has 3 N–H and O–H groups in total. The van der Waals surface area contributed by atoms with Crippen LogP contribution in [-0.2, 0) is 11.3 Å². The summed E-state index contributed by atoms with van der Waals surface area (Å²) in [5, 5.41) is 2.89. The molecule has 20 heavy (non-hydrogen) atoms. The van der Waals surface area contributed by atoms with Gasteiger partial charge in [0.15, 0.2) is 0 Å². The van der Waals surface area contributed by atoms with Gasteiger partial charge in [0.2, 0.25) is 5.91 Å². The lowest BCUT2D eigenvalue weighted by molar-refractivity contribution is -0.126. The highest BCUT2D eigenvalue weighted by Gasteiger charge is 2.43. The van der Waals surface area contributed by atoms with Crippen LogP contribution in [0.2, 0.25) is 0 Å². The number of hydrogen-bond acceptors (Lipinski definition) is 4. The van der Waals surface area contributed by atoms with Gasteiger partial charge in [-0.15, -0.1) is 0 Å². The molecule has 0 saturated heterocycles. The van der Waals surface area contributed by atoms with Crippen LogP contribution < -0.4 is 20.5 Å². The first-order valence-corrected chi connectivity index (χ1v) is 6.77. The molecule has 1 saturated carbocycles. The summed E-state index contributed by atoms with van der Waals surface area (Å²) in [7, 11) is 3.21. The summed E-state index contributed by atoms with van der Waals surface area (Å²) in [6.07, 6.45) is 2.06. The number of carbonyl (C=O) groups excluding carboxylic acids is 1. The lowest BCUT2D eigenvalue weighted by Crippen LogP contribution is -2.53. The molecule has 1 aliphatic carbocycles. The molecule has 5 heteroatoms. The third kappa shape index (κ3) is 3.04. The third-order valence-corrected chi connectivity index (χ3v) is 3.84. The van der Waals surface area contributed by atoms with Gasteiger partial charge in [0.05, 0.1) is 19.8 Å². The van der Waals surface area contributed by atoms with Gasteiger partial charge in [0.25, 0.3) is 0 Å². The second-order valence-electron chi connectivity index (χ2n) is 5.42. The van der Waals surface area contributed by atoms with E-state index < -0.39 is 5.54 Å². The highest BCUT2D eigenvalue weighted by atomic mass is 16.5. The van der Waals surface area contributed by atoms with Crippen LogP contribution in [0, 0.1) is 5.92 Å². The molecule has 1 fully saturated rings. The molecule has 1 unspecified atom stereocenters. The van der Waals surface area contributed by atoms with E-state index in [1.165, 1.54) is 0 Å². The quantitative estimate of drug-likeness (QED) is 0.826. The predicted molar refractivity (Wildman–Crippen MR) is 76.7 cm³/mol. The Kier molecular flexibility index (Phi) is 4.18. The van der Waals surface area contributed by atoms with Crippen molar-refractivity contribution in [2.75, 3.05) is 14.2 Å². The van der Waals surface area contributed by atoms with Crippen LogP contribution in [0.5, 0.6) is 11.5 Å². The third-order valence-electron chi connectivity index (χ3n) is 3.84. The second-order valence-corrected chi connectivity index (χ2v) is 5.42. The minimum absolute atomic E-state index is 0.120. The molecule has 1 aliphatic rings. The van der Waals surface area contributed by atoms with Crippen molar-refractivity contribution in [2.45, 2.75) is 31.8 Å². The van der Waals surface area contributed by atoms with E-state index in [2.05, 4.69) is 5.32 Å². The number of amides is 1. The molecule has 0 aromatic heterocycles. The van der Waals surface area contributed by atoms with Crippen LogP contribution in [0.1, 0.15) is 25.3 Å². The number of hydrogen-bond donors (Lipinski definition) is 2. The minimum Gasteiger partial charge on any atom is -0.497 e. The van der Waals surface area contributed by atoms with Crippen LogP contribution in [0.4, 0.5) is 0 Å². The number of methoxy groups -OCH3 is 2. The zero-order chi connectivity index (χ0) is 14.8. The van der Waals surface area contributed by atoms with E-state index in [4.69, 9.17) is 15.2 Å². The fraction of sp³-hybridized carbons (Fsp3) is 0.533. The zero-order valence-corrected chi connectivity index (χ0v) is 12.2. The van der Waals surface area contributed by atoms with E-state index in [1.807, 2.05) is 18.2 Å². The number of rotatable bonds is 6. The van der Waals surface area contributed by atoms with Crippen molar-refractivity contribution in [3.8, 4) is 11.5 Å². The Bertz CT molecular complexity index is 496. The summed E-state index contributed by atoms with van der Waals surface area (Å²) in [6, 6.07) is 5.49. The maximum absolute atomic E-state index is 12.2. The standard InChI is InChI=1S/C15H22N2O3/c1-15(16,11-4-5-11)14(18)17-9-10-8-12(19-2)6-7-13(10)20-3/h6-8,11H,4-5,9,16H2,1-3H3,(H,17,18). The van der Waals surface area contributed by atoms with Crippen molar-refractivity contribution in [2.24, 2.45) is 11.7 Å². The second kappa shape index (κ2) is 5.71. The summed E-state index contributed by atoms with van der Waals surface area (Å²) in [5.41, 5.74) is 6.17. The maximum atomic E-state index is 12.2. The molecular formula is C15H22N2O3. The van der Waals surface area contributed by atoms with Gasteiger partial charge < -0.3 is 20.5 Å². The normalized spacial score (nSPS) is 17.2. The van der Waals surface area contributed by atoms with Crippen LogP contribution in [0.15, 0.2) is 18.2 Å². The molecule has 110 valence electrons. The van der Waals surface area contributed by atoms with Crippen LogP contribution >= 0.6 is 0 Å². The number of ether oxygens (including phenoxy) is 2. The zero-order valence-electron chi connectivity index (χ0n) is 12.2. The lowest BCUT2D eigenvalue weighted by Gasteiger charge is -2.23. The first-order valence-electron chi connectivity index (χ1n) is 6.77. The summed E-state index contributed by atoms with van der Waals surface area (Å²) in [4.78, 5) is 12.2. The van der Waals surface area contributed by atoms with E-state index >= 15 is 0 Å². The van der Waals surface area contributed by atoms with E-state index in [1.54, 1.807) is 21.1 Å². The van der Waals surface area contributed by atoms with Crippen molar-refractivity contribution in [1.82, 2.24) is 5.32 Å². The van der Waals surface area contributed by atoms with Crippen molar-refractivity contribution >= 4 is 5.91 Å². The van der Waals surface area contributed by atoms with Gasteiger partial charge in [0, 0.05) is 12.1 Å². The Labute approximate surface area is 119 Å². The number of carbonyl (C=O) groups is 1. The monoisotopic (exact) mass is 278 g/mol. The lowest BCUT2D eigenvalue weighted by atomic mass is 9.96. The first-order chi connectivity index (χ1) is 9.48. The summed E-state index contributed by atoms with van der Waals surface area (Å²) in [5.74, 6) is 1.63. The molecule has 1 amide bonds. The Morgan fingerprint density at radius 3 is 2.65 bits per heavy atom. The average molecular weight is 278 g/mol. The molecule has 2 rings (SSSR count). The molecule has 0 aliphatic heterocycles. The Balaban J connectivity index is 2.04. The minimum atomic E-state index is -0.786. The number of nitrogens with two attached hydrogens (primary N) is 1. The van der Waals surface area contributed by atoms with E-state index in [0.717, 1.165) is 29.9 Å². The SMILES string of the molecule is COc1ccc(OC)c(CNC(=O)C(C)(N)C2CC2)c1. The van der Waals surface area contributed by atoms with Crippen molar-refractivity contribution < 1.29 is 14.3 Å². The van der Waals surface area contributed by atoms with Gasteiger partial charge in [-0.05, 0) is 43.9 Å². The molecule has 1 atom stereocenters. The summed E-state index contributed by atoms with van der Waals surface area (Å²) >= 11 is 0. The molecule has 1 aromatic carbocycles. The van der Waals surface area contributed by atoms with Crippen molar-refractivity contribution in [1.29, 1.82) is 0 Å². The highest BCUT2D eigenvalue weighted by Crippen LogP contribution is 2.38. The molecule has 0 radical (unpaired) electrons. The van der Waals surface area contributed by atoms with Crippen molar-refractivity contribution in [3.63, 3.8) is 0 Å². The van der Waals surface area contributed by atoms with Gasteiger partial charge in [-0.1, -0.05) is 0 Å². The summed E-state index contributed by atoms with van der Waals surface area (Å²) in [6.45, 7) is 2.17. The predicted octanol–water partition coefficient (Wildman–Crippen LogP) is 1.45. The molecular weight excluding hydrogens is 256 g/mol. The highest BCUT2D eigenvalue weighted by molar-refractivity contribution is 5.86. The first kappa shape index (κ1) is 14.7. The average Bonchev–Trinajstić information content (AvgIpc) is 3.29.